The SMILES string of the molecule is Cc1cc(CNCC2CC2)c2ccccc2n1. The van der Waals surface area contributed by atoms with E-state index in [1.165, 1.54) is 23.8 Å². The van der Waals surface area contributed by atoms with Crippen LogP contribution in [0.15, 0.2) is 30.3 Å². The van der Waals surface area contributed by atoms with Crippen molar-refractivity contribution in [2.24, 2.45) is 5.92 Å². The minimum absolute atomic E-state index is 0.934. The fraction of sp³-hybridized carbons (Fsp3) is 0.400. The zero-order chi connectivity index (χ0) is 11.7. The van der Waals surface area contributed by atoms with Crippen molar-refractivity contribution >= 4 is 10.9 Å². The maximum absolute atomic E-state index is 4.56. The minimum Gasteiger partial charge on any atom is -0.312 e. The highest BCUT2D eigenvalue weighted by Crippen LogP contribution is 2.27. The summed E-state index contributed by atoms with van der Waals surface area (Å²) in [6.45, 7) is 4.19. The molecule has 0 saturated heterocycles. The fourth-order valence-electron chi connectivity index (χ4n) is 2.27. The van der Waals surface area contributed by atoms with Gasteiger partial charge in [-0.3, -0.25) is 4.98 Å². The molecule has 0 atom stereocenters. The average molecular weight is 226 g/mol. The molecular weight excluding hydrogens is 208 g/mol. The molecule has 0 aliphatic heterocycles. The summed E-state index contributed by atoms with van der Waals surface area (Å²) < 4.78 is 0. The minimum atomic E-state index is 0.934. The average Bonchev–Trinajstić information content (AvgIpc) is 3.13. The lowest BCUT2D eigenvalue weighted by Gasteiger charge is -2.08. The van der Waals surface area contributed by atoms with Gasteiger partial charge in [-0.05, 0) is 49.9 Å². The topological polar surface area (TPSA) is 24.9 Å². The van der Waals surface area contributed by atoms with Crippen LogP contribution in [0.2, 0.25) is 0 Å². The zero-order valence-electron chi connectivity index (χ0n) is 10.2. The lowest BCUT2D eigenvalue weighted by molar-refractivity contribution is 0.640. The Labute approximate surface area is 102 Å². The van der Waals surface area contributed by atoms with Gasteiger partial charge in [0.2, 0.25) is 0 Å². The lowest BCUT2D eigenvalue weighted by Crippen LogP contribution is -2.16. The molecule has 1 heterocycles. The molecule has 1 aliphatic rings. The van der Waals surface area contributed by atoms with Gasteiger partial charge in [-0.15, -0.1) is 0 Å². The molecule has 2 aromatic rings. The van der Waals surface area contributed by atoms with Crippen LogP contribution < -0.4 is 5.32 Å². The fourth-order valence-corrected chi connectivity index (χ4v) is 2.27. The molecule has 1 saturated carbocycles. The number of hydrogen-bond acceptors (Lipinski definition) is 2. The van der Waals surface area contributed by atoms with Crippen molar-refractivity contribution in [2.45, 2.75) is 26.3 Å². The van der Waals surface area contributed by atoms with Crippen LogP contribution in [0.25, 0.3) is 10.9 Å². The molecule has 0 bridgehead atoms. The summed E-state index contributed by atoms with van der Waals surface area (Å²) in [5.74, 6) is 0.934. The third kappa shape index (κ3) is 2.47. The summed E-state index contributed by atoms with van der Waals surface area (Å²) >= 11 is 0. The van der Waals surface area contributed by atoms with Gasteiger partial charge in [0.25, 0.3) is 0 Å². The van der Waals surface area contributed by atoms with Gasteiger partial charge in [0.05, 0.1) is 5.52 Å². The van der Waals surface area contributed by atoms with E-state index >= 15 is 0 Å². The van der Waals surface area contributed by atoms with E-state index in [1.54, 1.807) is 0 Å². The molecule has 1 N–H and O–H groups in total. The van der Waals surface area contributed by atoms with Crippen molar-refractivity contribution in [2.75, 3.05) is 6.54 Å². The van der Waals surface area contributed by atoms with Crippen LogP contribution in [0.3, 0.4) is 0 Å². The van der Waals surface area contributed by atoms with E-state index in [1.807, 2.05) is 0 Å². The van der Waals surface area contributed by atoms with E-state index in [-0.39, 0.29) is 0 Å². The normalized spacial score (nSPS) is 15.4. The number of rotatable bonds is 4. The molecule has 2 nitrogen and oxygen atoms in total. The Morgan fingerprint density at radius 1 is 1.29 bits per heavy atom. The van der Waals surface area contributed by atoms with Crippen molar-refractivity contribution < 1.29 is 0 Å². The summed E-state index contributed by atoms with van der Waals surface area (Å²) in [4.78, 5) is 4.56. The Morgan fingerprint density at radius 3 is 2.94 bits per heavy atom. The van der Waals surface area contributed by atoms with E-state index < -0.39 is 0 Å². The number of nitrogens with one attached hydrogen (secondary N) is 1. The number of fused-ring (bicyclic) bond motifs is 1. The Morgan fingerprint density at radius 2 is 2.12 bits per heavy atom. The Bertz CT molecular complexity index is 529. The monoisotopic (exact) mass is 226 g/mol. The van der Waals surface area contributed by atoms with Gasteiger partial charge in [0.15, 0.2) is 0 Å². The molecule has 1 fully saturated rings. The molecule has 1 aromatic carbocycles. The molecular formula is C15H18N2. The highest BCUT2D eigenvalue weighted by Gasteiger charge is 2.20. The summed E-state index contributed by atoms with van der Waals surface area (Å²) in [6, 6.07) is 10.6. The van der Waals surface area contributed by atoms with Crippen molar-refractivity contribution in [1.82, 2.24) is 10.3 Å². The summed E-state index contributed by atoms with van der Waals surface area (Å²) in [5.41, 5.74) is 3.58. The first-order chi connectivity index (χ1) is 8.33. The maximum Gasteiger partial charge on any atom is 0.0708 e. The smallest absolute Gasteiger partial charge is 0.0708 e. The van der Waals surface area contributed by atoms with Gasteiger partial charge in [0, 0.05) is 17.6 Å². The maximum atomic E-state index is 4.56. The molecule has 0 radical (unpaired) electrons. The predicted molar refractivity (Wildman–Crippen MR) is 70.9 cm³/mol. The van der Waals surface area contributed by atoms with E-state index in [4.69, 9.17) is 0 Å². The number of benzene rings is 1. The first-order valence-corrected chi connectivity index (χ1v) is 6.39. The zero-order valence-corrected chi connectivity index (χ0v) is 10.2. The number of aryl methyl sites for hydroxylation is 1. The van der Waals surface area contributed by atoms with Crippen molar-refractivity contribution in [3.63, 3.8) is 0 Å². The number of aromatic nitrogens is 1. The highest BCUT2D eigenvalue weighted by molar-refractivity contribution is 5.82. The van der Waals surface area contributed by atoms with Crippen LogP contribution in [-0.4, -0.2) is 11.5 Å². The number of para-hydroxylation sites is 1. The Kier molecular flexibility index (Phi) is 2.81. The first kappa shape index (κ1) is 10.7. The molecule has 0 amide bonds. The van der Waals surface area contributed by atoms with Crippen LogP contribution in [0, 0.1) is 12.8 Å². The van der Waals surface area contributed by atoms with E-state index in [9.17, 15) is 0 Å². The number of pyridine rings is 1. The molecule has 0 spiro atoms. The van der Waals surface area contributed by atoms with Crippen molar-refractivity contribution in [1.29, 1.82) is 0 Å². The second-order valence-corrected chi connectivity index (χ2v) is 5.01. The molecule has 88 valence electrons. The first-order valence-electron chi connectivity index (χ1n) is 6.39. The van der Waals surface area contributed by atoms with E-state index in [0.29, 0.717) is 0 Å². The summed E-state index contributed by atoms with van der Waals surface area (Å²) in [7, 11) is 0. The van der Waals surface area contributed by atoms with Crippen LogP contribution in [0.1, 0.15) is 24.1 Å². The van der Waals surface area contributed by atoms with Gasteiger partial charge >= 0.3 is 0 Å². The van der Waals surface area contributed by atoms with Gasteiger partial charge in [-0.2, -0.15) is 0 Å². The Balaban J connectivity index is 1.85. The second-order valence-electron chi connectivity index (χ2n) is 5.01. The third-order valence-electron chi connectivity index (χ3n) is 3.38. The summed E-state index contributed by atoms with van der Waals surface area (Å²) in [5, 5.41) is 4.83. The number of hydrogen-bond donors (Lipinski definition) is 1. The van der Waals surface area contributed by atoms with E-state index in [2.05, 4.69) is 47.6 Å². The van der Waals surface area contributed by atoms with Crippen LogP contribution in [0.5, 0.6) is 0 Å². The molecule has 2 heteroatoms. The Hall–Kier alpha value is -1.41. The van der Waals surface area contributed by atoms with Crippen molar-refractivity contribution in [3.05, 3.63) is 41.6 Å². The van der Waals surface area contributed by atoms with Gasteiger partial charge in [0.1, 0.15) is 0 Å². The van der Waals surface area contributed by atoms with Crippen LogP contribution >= 0.6 is 0 Å². The van der Waals surface area contributed by atoms with E-state index in [0.717, 1.165) is 30.2 Å². The highest BCUT2D eigenvalue weighted by atomic mass is 14.9. The van der Waals surface area contributed by atoms with Crippen molar-refractivity contribution in [3.8, 4) is 0 Å². The lowest BCUT2D eigenvalue weighted by atomic mass is 10.1. The van der Waals surface area contributed by atoms with Crippen LogP contribution in [0.4, 0.5) is 0 Å². The molecule has 1 aliphatic carbocycles. The second kappa shape index (κ2) is 4.46. The molecule has 3 rings (SSSR count). The number of nitrogens with zero attached hydrogens (tertiary/aromatic N) is 1. The molecule has 1 aromatic heterocycles. The van der Waals surface area contributed by atoms with Gasteiger partial charge in [-0.25, -0.2) is 0 Å². The van der Waals surface area contributed by atoms with Gasteiger partial charge in [-0.1, -0.05) is 18.2 Å². The standard InChI is InChI=1S/C15H18N2/c1-11-8-13(10-16-9-12-6-7-12)14-4-2-3-5-15(14)17-11/h2-5,8,12,16H,6-7,9-10H2,1H3. The predicted octanol–water partition coefficient (Wildman–Crippen LogP) is 3.04. The molecule has 0 unspecified atom stereocenters. The quantitative estimate of drug-likeness (QED) is 0.866. The van der Waals surface area contributed by atoms with Crippen LogP contribution in [-0.2, 0) is 6.54 Å². The van der Waals surface area contributed by atoms with Gasteiger partial charge < -0.3 is 5.32 Å². The molecule has 17 heavy (non-hydrogen) atoms. The summed E-state index contributed by atoms with van der Waals surface area (Å²) in [6.07, 6.45) is 2.81. The largest absolute Gasteiger partial charge is 0.312 e. The third-order valence-corrected chi connectivity index (χ3v) is 3.38.